The molecule has 35 heavy (non-hydrogen) atoms. The maximum absolute atomic E-state index is 13.5. The van der Waals surface area contributed by atoms with E-state index in [9.17, 15) is 14.4 Å². The van der Waals surface area contributed by atoms with Crippen molar-refractivity contribution in [3.05, 3.63) is 60.2 Å². The van der Waals surface area contributed by atoms with Crippen LogP contribution in [-0.4, -0.2) is 66.5 Å². The Morgan fingerprint density at radius 3 is 2.40 bits per heavy atom. The number of hydrogen-bond donors (Lipinski definition) is 2. The molecule has 1 heterocycles. The molecule has 1 aliphatic rings. The number of methoxy groups -OCH3 is 1. The summed E-state index contributed by atoms with van der Waals surface area (Å²) in [5.41, 5.74) is 1.55. The number of unbranched alkanes of at least 4 members (excludes halogenated alkanes) is 1. The summed E-state index contributed by atoms with van der Waals surface area (Å²) in [5.74, 6) is 0.685. The minimum atomic E-state index is -0.731. The smallest absolute Gasteiger partial charge is 0.319 e. The highest BCUT2D eigenvalue weighted by Gasteiger charge is 2.33. The second kappa shape index (κ2) is 12.8. The number of hydrogen-bond acceptors (Lipinski definition) is 4. The van der Waals surface area contributed by atoms with Gasteiger partial charge in [-0.25, -0.2) is 4.79 Å². The number of nitrogens with one attached hydrogen (secondary N) is 2. The van der Waals surface area contributed by atoms with Gasteiger partial charge < -0.3 is 25.2 Å². The van der Waals surface area contributed by atoms with Crippen molar-refractivity contribution in [2.45, 2.75) is 51.6 Å². The number of ether oxygens (including phenoxy) is 1. The van der Waals surface area contributed by atoms with Crippen LogP contribution in [0.3, 0.4) is 0 Å². The lowest BCUT2D eigenvalue weighted by Crippen LogP contribution is -2.59. The summed E-state index contributed by atoms with van der Waals surface area (Å²) < 4.78 is 5.15. The molecule has 1 fully saturated rings. The van der Waals surface area contributed by atoms with Crippen LogP contribution in [0.1, 0.15) is 38.7 Å². The van der Waals surface area contributed by atoms with E-state index >= 15 is 0 Å². The molecule has 4 amide bonds. The highest BCUT2D eigenvalue weighted by atomic mass is 16.5. The van der Waals surface area contributed by atoms with Gasteiger partial charge in [-0.3, -0.25) is 9.59 Å². The van der Waals surface area contributed by atoms with E-state index in [4.69, 9.17) is 4.74 Å². The van der Waals surface area contributed by atoms with Gasteiger partial charge in [0, 0.05) is 44.2 Å². The van der Waals surface area contributed by atoms with Crippen molar-refractivity contribution in [2.75, 3.05) is 32.1 Å². The van der Waals surface area contributed by atoms with Crippen molar-refractivity contribution >= 4 is 23.5 Å². The van der Waals surface area contributed by atoms with Crippen molar-refractivity contribution in [2.24, 2.45) is 0 Å². The van der Waals surface area contributed by atoms with E-state index < -0.39 is 12.1 Å². The Bertz CT molecular complexity index is 980. The first-order valence-electron chi connectivity index (χ1n) is 12.2. The van der Waals surface area contributed by atoms with E-state index in [2.05, 4.69) is 17.6 Å². The zero-order chi connectivity index (χ0) is 25.2. The zero-order valence-electron chi connectivity index (χ0n) is 20.8. The largest absolute Gasteiger partial charge is 0.497 e. The molecule has 1 aliphatic heterocycles. The molecule has 2 aromatic rings. The standard InChI is InChI=1S/C27H36N4O4/c1-4-5-11-25(32)31-17-16-30(19-20(31)2)26(33)24(18-21-9-7-6-8-10-21)29-27(34)28-22-12-14-23(35-3)15-13-22/h6-10,12-15,20,24H,4-5,11,16-19H2,1-3H3,(H2,28,29,34). The Balaban J connectivity index is 1.67. The van der Waals surface area contributed by atoms with Gasteiger partial charge in [0.15, 0.2) is 0 Å². The van der Waals surface area contributed by atoms with Gasteiger partial charge >= 0.3 is 6.03 Å². The predicted octanol–water partition coefficient (Wildman–Crippen LogP) is 3.68. The van der Waals surface area contributed by atoms with Crippen LogP contribution in [-0.2, 0) is 16.0 Å². The lowest BCUT2D eigenvalue weighted by molar-refractivity contribution is -0.143. The normalized spacial score (nSPS) is 16.4. The molecular weight excluding hydrogens is 444 g/mol. The lowest BCUT2D eigenvalue weighted by atomic mass is 10.0. The van der Waals surface area contributed by atoms with Crippen LogP contribution < -0.4 is 15.4 Å². The third-order valence-corrected chi connectivity index (χ3v) is 6.24. The molecule has 3 rings (SSSR count). The molecule has 2 N–H and O–H groups in total. The van der Waals surface area contributed by atoms with E-state index in [1.165, 1.54) is 0 Å². The number of rotatable bonds is 9. The molecule has 2 unspecified atom stereocenters. The molecule has 0 spiro atoms. The molecule has 8 heteroatoms. The molecule has 0 aromatic heterocycles. The number of benzene rings is 2. The Labute approximate surface area is 207 Å². The summed E-state index contributed by atoms with van der Waals surface area (Å²) in [6.45, 7) is 5.45. The quantitative estimate of drug-likeness (QED) is 0.573. The van der Waals surface area contributed by atoms with Crippen LogP contribution in [0.15, 0.2) is 54.6 Å². The third-order valence-electron chi connectivity index (χ3n) is 6.24. The van der Waals surface area contributed by atoms with Gasteiger partial charge in [0.2, 0.25) is 11.8 Å². The second-order valence-electron chi connectivity index (χ2n) is 8.89. The number of carbonyl (C=O) groups is 3. The minimum Gasteiger partial charge on any atom is -0.497 e. The molecule has 0 aliphatic carbocycles. The number of piperazine rings is 1. The molecule has 0 saturated carbocycles. The van der Waals surface area contributed by atoms with Gasteiger partial charge in [-0.15, -0.1) is 0 Å². The first-order chi connectivity index (χ1) is 16.9. The maximum atomic E-state index is 13.5. The monoisotopic (exact) mass is 480 g/mol. The molecule has 2 atom stereocenters. The average Bonchev–Trinajstić information content (AvgIpc) is 2.87. The van der Waals surface area contributed by atoms with E-state index in [1.54, 1.807) is 36.3 Å². The summed E-state index contributed by atoms with van der Waals surface area (Å²) in [6, 6.07) is 15.4. The summed E-state index contributed by atoms with van der Waals surface area (Å²) in [7, 11) is 1.58. The SMILES string of the molecule is CCCCC(=O)N1CCN(C(=O)C(Cc2ccccc2)NC(=O)Nc2ccc(OC)cc2)CC1C. The van der Waals surface area contributed by atoms with Gasteiger partial charge in [0.25, 0.3) is 0 Å². The predicted molar refractivity (Wildman–Crippen MR) is 136 cm³/mol. The van der Waals surface area contributed by atoms with Crippen LogP contribution in [0, 0.1) is 0 Å². The van der Waals surface area contributed by atoms with E-state index in [0.29, 0.717) is 43.9 Å². The summed E-state index contributed by atoms with van der Waals surface area (Å²) in [4.78, 5) is 42.5. The molecule has 0 bridgehead atoms. The third kappa shape index (κ3) is 7.47. The second-order valence-corrected chi connectivity index (χ2v) is 8.89. The van der Waals surface area contributed by atoms with Crippen molar-refractivity contribution < 1.29 is 19.1 Å². The van der Waals surface area contributed by atoms with E-state index in [-0.39, 0.29) is 17.9 Å². The fourth-order valence-electron chi connectivity index (χ4n) is 4.27. The van der Waals surface area contributed by atoms with Crippen molar-refractivity contribution in [1.82, 2.24) is 15.1 Å². The highest BCUT2D eigenvalue weighted by molar-refractivity contribution is 5.94. The Morgan fingerprint density at radius 2 is 1.77 bits per heavy atom. The number of anilines is 1. The number of nitrogens with zero attached hydrogens (tertiary/aromatic N) is 2. The summed E-state index contributed by atoms with van der Waals surface area (Å²) in [6.07, 6.45) is 2.76. The van der Waals surface area contributed by atoms with Crippen LogP contribution in [0.25, 0.3) is 0 Å². The molecule has 188 valence electrons. The van der Waals surface area contributed by atoms with Crippen LogP contribution in [0.5, 0.6) is 5.75 Å². The van der Waals surface area contributed by atoms with Crippen molar-refractivity contribution in [3.63, 3.8) is 0 Å². The van der Waals surface area contributed by atoms with Gasteiger partial charge in [0.1, 0.15) is 11.8 Å². The average molecular weight is 481 g/mol. The lowest BCUT2D eigenvalue weighted by Gasteiger charge is -2.41. The van der Waals surface area contributed by atoms with Crippen molar-refractivity contribution in [3.8, 4) is 5.75 Å². The summed E-state index contributed by atoms with van der Waals surface area (Å²) in [5, 5.41) is 5.65. The fraction of sp³-hybridized carbons (Fsp3) is 0.444. The molecule has 8 nitrogen and oxygen atoms in total. The Morgan fingerprint density at radius 1 is 1.06 bits per heavy atom. The maximum Gasteiger partial charge on any atom is 0.319 e. The van der Waals surface area contributed by atoms with E-state index in [1.807, 2.05) is 42.2 Å². The molecule has 2 aromatic carbocycles. The van der Waals surface area contributed by atoms with Crippen LogP contribution in [0.4, 0.5) is 10.5 Å². The summed E-state index contributed by atoms with van der Waals surface area (Å²) >= 11 is 0. The van der Waals surface area contributed by atoms with Crippen LogP contribution in [0.2, 0.25) is 0 Å². The Kier molecular flexibility index (Phi) is 9.52. The van der Waals surface area contributed by atoms with Gasteiger partial charge in [-0.2, -0.15) is 0 Å². The minimum absolute atomic E-state index is 0.0671. The fourth-order valence-corrected chi connectivity index (χ4v) is 4.27. The number of amides is 4. The first-order valence-corrected chi connectivity index (χ1v) is 12.2. The van der Waals surface area contributed by atoms with Gasteiger partial charge in [-0.1, -0.05) is 43.7 Å². The van der Waals surface area contributed by atoms with Crippen LogP contribution >= 0.6 is 0 Å². The zero-order valence-corrected chi connectivity index (χ0v) is 20.8. The van der Waals surface area contributed by atoms with Gasteiger partial charge in [-0.05, 0) is 43.2 Å². The first kappa shape index (κ1) is 26.1. The highest BCUT2D eigenvalue weighted by Crippen LogP contribution is 2.17. The number of carbonyl (C=O) groups excluding carboxylic acids is 3. The molecular formula is C27H36N4O4. The number of urea groups is 1. The van der Waals surface area contributed by atoms with E-state index in [0.717, 1.165) is 18.4 Å². The Hall–Kier alpha value is -3.55. The molecule has 1 saturated heterocycles. The van der Waals surface area contributed by atoms with Crippen molar-refractivity contribution in [1.29, 1.82) is 0 Å². The topological polar surface area (TPSA) is 91.0 Å². The molecule has 0 radical (unpaired) electrons. The van der Waals surface area contributed by atoms with Gasteiger partial charge in [0.05, 0.1) is 7.11 Å².